The molecule has 0 saturated carbocycles. The van der Waals surface area contributed by atoms with Crippen LogP contribution in [0.4, 0.5) is 5.69 Å². The maximum absolute atomic E-state index is 11.4. The quantitative estimate of drug-likeness (QED) is 0.653. The first-order valence-electron chi connectivity index (χ1n) is 4.27. The highest BCUT2D eigenvalue weighted by atomic mass is 16.2. The summed E-state index contributed by atoms with van der Waals surface area (Å²) in [4.78, 5) is 26.9. The minimum atomic E-state index is -0.101. The predicted octanol–water partition coefficient (Wildman–Crippen LogP) is 1.06. The van der Waals surface area contributed by atoms with E-state index in [1.807, 2.05) is 0 Å². The number of hydrogen-bond acceptors (Lipinski definition) is 2. The second-order valence-corrected chi connectivity index (χ2v) is 3.05. The van der Waals surface area contributed by atoms with Crippen LogP contribution in [0.25, 0.3) is 0 Å². The van der Waals surface area contributed by atoms with Crippen LogP contribution < -0.4 is 4.90 Å². The molecular formula is C9H10N2O2. The smallest absolute Gasteiger partial charge is 0.233 e. The van der Waals surface area contributed by atoms with Gasteiger partial charge >= 0.3 is 0 Å². The lowest BCUT2D eigenvalue weighted by atomic mass is 10.1. The number of H-pyrrole nitrogens is 1. The Balaban J connectivity index is 2.29. The fourth-order valence-electron chi connectivity index (χ4n) is 1.50. The van der Waals surface area contributed by atoms with Crippen LogP contribution in [0.3, 0.4) is 0 Å². The highest BCUT2D eigenvalue weighted by Gasteiger charge is 2.27. The Hall–Kier alpha value is -1.58. The molecule has 4 nitrogen and oxygen atoms in total. The number of aromatic amines is 1. The standard InChI is InChI=1S/C9H10N2O2/c12-8-2-1-3-9(13)11(8)7-4-5-10-6-7/h4-6,10H,1-3H2. The van der Waals surface area contributed by atoms with Crippen LogP contribution in [0.15, 0.2) is 18.5 Å². The van der Waals surface area contributed by atoms with Gasteiger partial charge in [-0.15, -0.1) is 0 Å². The van der Waals surface area contributed by atoms with Gasteiger partial charge < -0.3 is 4.98 Å². The molecule has 0 radical (unpaired) electrons. The molecule has 1 aliphatic rings. The fraction of sp³-hybridized carbons (Fsp3) is 0.333. The van der Waals surface area contributed by atoms with E-state index >= 15 is 0 Å². The summed E-state index contributed by atoms with van der Waals surface area (Å²) >= 11 is 0. The molecule has 1 aromatic rings. The maximum atomic E-state index is 11.4. The monoisotopic (exact) mass is 178 g/mol. The molecule has 13 heavy (non-hydrogen) atoms. The van der Waals surface area contributed by atoms with Gasteiger partial charge in [0.25, 0.3) is 0 Å². The van der Waals surface area contributed by atoms with Crippen LogP contribution >= 0.6 is 0 Å². The van der Waals surface area contributed by atoms with Gasteiger partial charge in [0.2, 0.25) is 11.8 Å². The number of carbonyl (C=O) groups is 2. The zero-order valence-electron chi connectivity index (χ0n) is 7.12. The second-order valence-electron chi connectivity index (χ2n) is 3.05. The molecule has 0 spiro atoms. The van der Waals surface area contributed by atoms with Gasteiger partial charge in [-0.25, -0.2) is 4.90 Å². The van der Waals surface area contributed by atoms with Gasteiger partial charge in [0.05, 0.1) is 5.69 Å². The number of rotatable bonds is 1. The number of aromatic nitrogens is 1. The molecule has 68 valence electrons. The summed E-state index contributed by atoms with van der Waals surface area (Å²) in [6, 6.07) is 1.72. The normalized spacial score (nSPS) is 18.0. The first-order chi connectivity index (χ1) is 6.29. The van der Waals surface area contributed by atoms with Crippen LogP contribution in [0, 0.1) is 0 Å². The van der Waals surface area contributed by atoms with Gasteiger partial charge in [-0.2, -0.15) is 0 Å². The molecule has 2 rings (SSSR count). The Bertz CT molecular complexity index is 313. The Labute approximate surface area is 75.5 Å². The Morgan fingerprint density at radius 1 is 1.23 bits per heavy atom. The molecule has 1 aromatic heterocycles. The molecule has 2 amide bonds. The SMILES string of the molecule is O=C1CCCC(=O)N1c1cc[nH]c1. The van der Waals surface area contributed by atoms with Gasteiger partial charge in [0, 0.05) is 25.2 Å². The molecule has 2 heterocycles. The molecule has 1 aliphatic heterocycles. The first kappa shape index (κ1) is 8.04. The van der Waals surface area contributed by atoms with E-state index in [9.17, 15) is 9.59 Å². The van der Waals surface area contributed by atoms with Gasteiger partial charge in [0.1, 0.15) is 0 Å². The Morgan fingerprint density at radius 2 is 1.92 bits per heavy atom. The molecular weight excluding hydrogens is 168 g/mol. The summed E-state index contributed by atoms with van der Waals surface area (Å²) < 4.78 is 0. The highest BCUT2D eigenvalue weighted by molar-refractivity contribution is 6.16. The molecule has 0 unspecified atom stereocenters. The number of imide groups is 1. The summed E-state index contributed by atoms with van der Waals surface area (Å²) in [6.07, 6.45) is 4.97. The molecule has 0 bridgehead atoms. The van der Waals surface area contributed by atoms with Crippen molar-refractivity contribution in [3.8, 4) is 0 Å². The molecule has 1 N–H and O–H groups in total. The van der Waals surface area contributed by atoms with Crippen LogP contribution in [0.5, 0.6) is 0 Å². The van der Waals surface area contributed by atoms with E-state index in [2.05, 4.69) is 4.98 Å². The Kier molecular flexibility index (Phi) is 1.88. The van der Waals surface area contributed by atoms with E-state index in [4.69, 9.17) is 0 Å². The van der Waals surface area contributed by atoms with E-state index in [1.165, 1.54) is 4.90 Å². The van der Waals surface area contributed by atoms with Crippen molar-refractivity contribution in [1.82, 2.24) is 4.98 Å². The highest BCUT2D eigenvalue weighted by Crippen LogP contribution is 2.20. The summed E-state index contributed by atoms with van der Waals surface area (Å²) in [5.41, 5.74) is 0.648. The van der Waals surface area contributed by atoms with Crippen molar-refractivity contribution in [2.45, 2.75) is 19.3 Å². The van der Waals surface area contributed by atoms with Crippen LogP contribution in [0.1, 0.15) is 19.3 Å². The van der Waals surface area contributed by atoms with Gasteiger partial charge in [-0.05, 0) is 12.5 Å². The van der Waals surface area contributed by atoms with Crippen LogP contribution in [0.2, 0.25) is 0 Å². The third-order valence-corrected chi connectivity index (χ3v) is 2.12. The number of hydrogen-bond donors (Lipinski definition) is 1. The summed E-state index contributed by atoms with van der Waals surface area (Å²) in [7, 11) is 0. The van der Waals surface area contributed by atoms with E-state index in [-0.39, 0.29) is 11.8 Å². The van der Waals surface area contributed by atoms with Crippen molar-refractivity contribution < 1.29 is 9.59 Å². The average molecular weight is 178 g/mol. The lowest BCUT2D eigenvalue weighted by Crippen LogP contribution is -2.39. The van der Waals surface area contributed by atoms with Gasteiger partial charge in [-0.3, -0.25) is 9.59 Å². The van der Waals surface area contributed by atoms with Gasteiger partial charge in [-0.1, -0.05) is 0 Å². The molecule has 4 heteroatoms. The van der Waals surface area contributed by atoms with Crippen molar-refractivity contribution in [1.29, 1.82) is 0 Å². The second kappa shape index (κ2) is 3.05. The minimum absolute atomic E-state index is 0.101. The average Bonchev–Trinajstić information content (AvgIpc) is 2.57. The molecule has 0 aliphatic carbocycles. The lowest BCUT2D eigenvalue weighted by Gasteiger charge is -2.23. The third kappa shape index (κ3) is 1.35. The van der Waals surface area contributed by atoms with Crippen molar-refractivity contribution >= 4 is 17.5 Å². The molecule has 1 saturated heterocycles. The van der Waals surface area contributed by atoms with Crippen LogP contribution in [-0.2, 0) is 9.59 Å². The molecule has 1 fully saturated rings. The number of carbonyl (C=O) groups excluding carboxylic acids is 2. The zero-order chi connectivity index (χ0) is 9.26. The topological polar surface area (TPSA) is 53.2 Å². The number of nitrogens with one attached hydrogen (secondary N) is 1. The van der Waals surface area contributed by atoms with Crippen molar-refractivity contribution in [2.24, 2.45) is 0 Å². The first-order valence-corrected chi connectivity index (χ1v) is 4.27. The summed E-state index contributed by atoms with van der Waals surface area (Å²) in [5, 5.41) is 0. The number of nitrogens with zero attached hydrogens (tertiary/aromatic N) is 1. The third-order valence-electron chi connectivity index (χ3n) is 2.12. The largest absolute Gasteiger partial charge is 0.366 e. The van der Waals surface area contributed by atoms with E-state index in [0.29, 0.717) is 24.9 Å². The van der Waals surface area contributed by atoms with E-state index in [1.54, 1.807) is 18.5 Å². The predicted molar refractivity (Wildman–Crippen MR) is 47.1 cm³/mol. The number of piperidine rings is 1. The van der Waals surface area contributed by atoms with Crippen LogP contribution in [-0.4, -0.2) is 16.8 Å². The zero-order valence-corrected chi connectivity index (χ0v) is 7.12. The number of anilines is 1. The minimum Gasteiger partial charge on any atom is -0.366 e. The maximum Gasteiger partial charge on any atom is 0.233 e. The molecule has 0 aromatic carbocycles. The summed E-state index contributed by atoms with van der Waals surface area (Å²) in [6.45, 7) is 0. The van der Waals surface area contributed by atoms with Gasteiger partial charge in [0.15, 0.2) is 0 Å². The number of amides is 2. The van der Waals surface area contributed by atoms with Crippen molar-refractivity contribution in [2.75, 3.05) is 4.90 Å². The van der Waals surface area contributed by atoms with Crippen molar-refractivity contribution in [3.63, 3.8) is 0 Å². The Morgan fingerprint density at radius 3 is 2.46 bits per heavy atom. The lowest BCUT2D eigenvalue weighted by molar-refractivity contribution is -0.129. The van der Waals surface area contributed by atoms with E-state index < -0.39 is 0 Å². The fourth-order valence-corrected chi connectivity index (χ4v) is 1.50. The van der Waals surface area contributed by atoms with E-state index in [0.717, 1.165) is 0 Å². The van der Waals surface area contributed by atoms with Crippen molar-refractivity contribution in [3.05, 3.63) is 18.5 Å². The molecule has 0 atom stereocenters. The summed E-state index contributed by atoms with van der Waals surface area (Å²) in [5.74, 6) is -0.202.